The van der Waals surface area contributed by atoms with Crippen molar-refractivity contribution < 1.29 is 28.3 Å². The number of ether oxygens (including phenoxy) is 2. The lowest BCUT2D eigenvalue weighted by Crippen LogP contribution is -2.38. The zero-order valence-corrected chi connectivity index (χ0v) is 16.5. The summed E-state index contributed by atoms with van der Waals surface area (Å²) in [7, 11) is 1.38. The lowest BCUT2D eigenvalue weighted by molar-refractivity contribution is -0.114. The van der Waals surface area contributed by atoms with E-state index in [0.29, 0.717) is 11.3 Å². The molecule has 31 heavy (non-hydrogen) atoms. The van der Waals surface area contributed by atoms with E-state index in [9.17, 15) is 14.0 Å². The molecule has 2 heterocycles. The molecule has 2 aliphatic heterocycles. The summed E-state index contributed by atoms with van der Waals surface area (Å²) in [5.74, 6) is -1.28. The molecule has 156 valence electrons. The van der Waals surface area contributed by atoms with Gasteiger partial charge in [0, 0.05) is 6.08 Å². The third kappa shape index (κ3) is 3.80. The van der Waals surface area contributed by atoms with Crippen LogP contribution in [0.1, 0.15) is 22.8 Å². The van der Waals surface area contributed by atoms with Crippen LogP contribution in [0, 0.1) is 11.2 Å². The highest BCUT2D eigenvalue weighted by Crippen LogP contribution is 2.31. The summed E-state index contributed by atoms with van der Waals surface area (Å²) in [4.78, 5) is 34.0. The molecule has 2 aliphatic rings. The van der Waals surface area contributed by atoms with Gasteiger partial charge in [0.05, 0.1) is 18.2 Å². The molecule has 0 bridgehead atoms. The molecule has 0 radical (unpaired) electrons. The Morgan fingerprint density at radius 1 is 1.23 bits per heavy atom. The maximum Gasteiger partial charge on any atom is 0.346 e. The van der Waals surface area contributed by atoms with Crippen LogP contribution in [0.4, 0.5) is 4.39 Å². The van der Waals surface area contributed by atoms with Gasteiger partial charge in [-0.15, -0.1) is 5.06 Å². The van der Waals surface area contributed by atoms with Gasteiger partial charge in [0.25, 0.3) is 5.91 Å². The number of nitrogens with zero attached hydrogens (tertiary/aromatic N) is 2. The van der Waals surface area contributed by atoms with Crippen LogP contribution in [-0.4, -0.2) is 35.7 Å². The van der Waals surface area contributed by atoms with Crippen LogP contribution in [-0.2, 0) is 9.63 Å². The van der Waals surface area contributed by atoms with Gasteiger partial charge >= 0.3 is 5.97 Å². The van der Waals surface area contributed by atoms with Crippen molar-refractivity contribution in [2.45, 2.75) is 6.92 Å². The maximum atomic E-state index is 13.8. The number of allylic oxidation sites excluding steroid dienone is 1. The standard InChI is InChI=1S/C22H16FN3O5/c1-12-9-19-25-21(27)15(20(24)26(19)31-12)10-13-7-8-17(18(11-13)29-2)30-22(28)14-5-3-4-6-16(14)23/h3-11,24H,1-2H3/b15-10+,24-20?. The molecule has 0 spiro atoms. The van der Waals surface area contributed by atoms with Crippen LogP contribution in [0.25, 0.3) is 6.08 Å². The number of nitrogens with one attached hydrogen (secondary N) is 1. The van der Waals surface area contributed by atoms with Crippen LogP contribution in [0.2, 0.25) is 0 Å². The fourth-order valence-corrected chi connectivity index (χ4v) is 3.01. The molecule has 0 saturated carbocycles. The van der Waals surface area contributed by atoms with Crippen molar-refractivity contribution in [3.63, 3.8) is 0 Å². The molecule has 0 saturated heterocycles. The average molecular weight is 421 g/mol. The third-order valence-corrected chi connectivity index (χ3v) is 4.48. The van der Waals surface area contributed by atoms with Crippen molar-refractivity contribution >= 4 is 29.6 Å². The Morgan fingerprint density at radius 2 is 2.00 bits per heavy atom. The summed E-state index contributed by atoms with van der Waals surface area (Å²) >= 11 is 0. The molecule has 0 fully saturated rings. The van der Waals surface area contributed by atoms with Crippen LogP contribution >= 0.6 is 0 Å². The number of fused-ring (bicyclic) bond motifs is 1. The van der Waals surface area contributed by atoms with E-state index in [4.69, 9.17) is 19.7 Å². The number of carbonyl (C=O) groups is 2. The van der Waals surface area contributed by atoms with E-state index in [1.54, 1.807) is 19.1 Å². The van der Waals surface area contributed by atoms with E-state index in [-0.39, 0.29) is 34.3 Å². The van der Waals surface area contributed by atoms with Crippen LogP contribution < -0.4 is 9.47 Å². The van der Waals surface area contributed by atoms with Gasteiger partial charge in [-0.05, 0) is 42.8 Å². The molecule has 9 heteroatoms. The summed E-state index contributed by atoms with van der Waals surface area (Å²) < 4.78 is 24.4. The average Bonchev–Trinajstić information content (AvgIpc) is 3.12. The SMILES string of the molecule is COc1cc(/C=C2\C(=N)N3OC(C)=CC3=NC2=O)ccc1OC(=O)c1ccccc1F. The van der Waals surface area contributed by atoms with Crippen LogP contribution in [0.15, 0.2) is 64.9 Å². The number of carbonyl (C=O) groups excluding carboxylic acids is 2. The minimum Gasteiger partial charge on any atom is -0.493 e. The van der Waals surface area contributed by atoms with Crippen molar-refractivity contribution in [2.24, 2.45) is 4.99 Å². The molecular weight excluding hydrogens is 405 g/mol. The zero-order chi connectivity index (χ0) is 22.1. The lowest BCUT2D eigenvalue weighted by atomic mass is 10.1. The first-order chi connectivity index (χ1) is 14.9. The van der Waals surface area contributed by atoms with E-state index in [1.165, 1.54) is 43.5 Å². The van der Waals surface area contributed by atoms with Gasteiger partial charge in [0.1, 0.15) is 11.6 Å². The number of benzene rings is 2. The minimum atomic E-state index is -0.873. The molecule has 1 amide bonds. The number of esters is 1. The maximum absolute atomic E-state index is 13.8. The summed E-state index contributed by atoms with van der Waals surface area (Å²) in [6.45, 7) is 1.69. The first-order valence-electron chi connectivity index (χ1n) is 9.12. The summed E-state index contributed by atoms with van der Waals surface area (Å²) in [5.41, 5.74) is 0.309. The molecule has 2 aromatic rings. The molecule has 0 aromatic heterocycles. The number of hydroxylamine groups is 2. The number of amides is 1. The summed E-state index contributed by atoms with van der Waals surface area (Å²) in [5, 5.41) is 9.41. The number of hydrogen-bond acceptors (Lipinski definition) is 6. The Kier molecular flexibility index (Phi) is 5.08. The second kappa shape index (κ2) is 7.86. The van der Waals surface area contributed by atoms with E-state index >= 15 is 0 Å². The van der Waals surface area contributed by atoms with Gasteiger partial charge in [-0.3, -0.25) is 10.2 Å². The second-order valence-corrected chi connectivity index (χ2v) is 6.60. The molecule has 0 unspecified atom stereocenters. The Balaban J connectivity index is 1.60. The number of halogens is 1. The monoisotopic (exact) mass is 421 g/mol. The Bertz CT molecular complexity index is 1220. The van der Waals surface area contributed by atoms with Crippen LogP contribution in [0.3, 0.4) is 0 Å². The number of amidine groups is 2. The van der Waals surface area contributed by atoms with Gasteiger partial charge in [0.2, 0.25) is 0 Å². The van der Waals surface area contributed by atoms with E-state index in [2.05, 4.69) is 4.99 Å². The number of hydrogen-bond donors (Lipinski definition) is 1. The molecule has 8 nitrogen and oxygen atoms in total. The largest absolute Gasteiger partial charge is 0.493 e. The fraction of sp³-hybridized carbons (Fsp3) is 0.0909. The second-order valence-electron chi connectivity index (χ2n) is 6.60. The van der Waals surface area contributed by atoms with Gasteiger partial charge < -0.3 is 14.3 Å². The summed E-state index contributed by atoms with van der Waals surface area (Å²) in [6, 6.07) is 10.0. The van der Waals surface area contributed by atoms with Gasteiger partial charge in [-0.2, -0.15) is 4.99 Å². The predicted molar refractivity (Wildman–Crippen MR) is 109 cm³/mol. The van der Waals surface area contributed by atoms with Crippen molar-refractivity contribution in [2.75, 3.05) is 7.11 Å². The molecule has 4 rings (SSSR count). The third-order valence-electron chi connectivity index (χ3n) is 4.48. The number of aliphatic imine (C=N–C) groups is 1. The minimum absolute atomic E-state index is 0.0185. The highest BCUT2D eigenvalue weighted by molar-refractivity contribution is 6.32. The first-order valence-corrected chi connectivity index (χ1v) is 9.12. The molecule has 1 N–H and O–H groups in total. The van der Waals surface area contributed by atoms with Crippen molar-refractivity contribution in [1.29, 1.82) is 5.41 Å². The van der Waals surface area contributed by atoms with E-state index in [0.717, 1.165) is 11.1 Å². The Hall–Kier alpha value is -4.27. The Labute approximate surface area is 176 Å². The van der Waals surface area contributed by atoms with Crippen molar-refractivity contribution in [1.82, 2.24) is 5.06 Å². The fourth-order valence-electron chi connectivity index (χ4n) is 3.01. The van der Waals surface area contributed by atoms with Gasteiger partial charge in [0.15, 0.2) is 23.2 Å². The van der Waals surface area contributed by atoms with E-state index in [1.807, 2.05) is 0 Å². The smallest absolute Gasteiger partial charge is 0.346 e. The molecule has 0 atom stereocenters. The van der Waals surface area contributed by atoms with Crippen LogP contribution in [0.5, 0.6) is 11.5 Å². The normalized spacial score (nSPS) is 16.5. The predicted octanol–water partition coefficient (Wildman–Crippen LogP) is 3.50. The quantitative estimate of drug-likeness (QED) is 0.461. The topological polar surface area (TPSA) is 101 Å². The molecular formula is C22H16FN3O5. The first kappa shape index (κ1) is 20.0. The van der Waals surface area contributed by atoms with Crippen molar-refractivity contribution in [3.8, 4) is 11.5 Å². The molecule has 2 aromatic carbocycles. The van der Waals surface area contributed by atoms with Crippen molar-refractivity contribution in [3.05, 3.63) is 76.8 Å². The number of methoxy groups -OCH3 is 1. The summed E-state index contributed by atoms with van der Waals surface area (Å²) in [6.07, 6.45) is 3.01. The highest BCUT2D eigenvalue weighted by Gasteiger charge is 2.34. The highest BCUT2D eigenvalue weighted by atomic mass is 19.1. The van der Waals surface area contributed by atoms with Gasteiger partial charge in [-0.1, -0.05) is 18.2 Å². The lowest BCUT2D eigenvalue weighted by Gasteiger charge is -2.23. The number of rotatable bonds is 4. The zero-order valence-electron chi connectivity index (χ0n) is 16.5. The van der Waals surface area contributed by atoms with E-state index < -0.39 is 17.7 Å². The Morgan fingerprint density at radius 3 is 2.74 bits per heavy atom. The molecule has 0 aliphatic carbocycles. The van der Waals surface area contributed by atoms with Gasteiger partial charge in [-0.25, -0.2) is 9.18 Å².